The Labute approximate surface area is 133 Å². The first-order chi connectivity index (χ1) is 9.45. The minimum Gasteiger partial charge on any atom is -0.310 e. The Hall–Kier alpha value is -1.55. The van der Waals surface area contributed by atoms with Crippen molar-refractivity contribution in [2.45, 2.75) is 6.92 Å². The van der Waals surface area contributed by atoms with E-state index >= 15 is 0 Å². The molecule has 0 atom stereocenters. The topological polar surface area (TPSA) is 70.7 Å². The van der Waals surface area contributed by atoms with Crippen molar-refractivity contribution in [1.29, 1.82) is 5.26 Å². The highest BCUT2D eigenvalue weighted by molar-refractivity contribution is 9.10. The van der Waals surface area contributed by atoms with Gasteiger partial charge in [-0.3, -0.25) is 4.79 Å². The van der Waals surface area contributed by atoms with Crippen molar-refractivity contribution in [1.82, 2.24) is 9.78 Å². The van der Waals surface area contributed by atoms with Gasteiger partial charge < -0.3 is 5.32 Å². The molecule has 1 N–H and O–H groups in total. The van der Waals surface area contributed by atoms with Gasteiger partial charge >= 0.3 is 0 Å². The lowest BCUT2D eigenvalue weighted by Gasteiger charge is -2.11. The summed E-state index contributed by atoms with van der Waals surface area (Å²) in [5.74, 6) is -0.0668. The fraction of sp³-hybridized carbons (Fsp3) is 0.0833. The van der Waals surface area contributed by atoms with Gasteiger partial charge in [-0.25, -0.2) is 4.68 Å². The third kappa shape index (κ3) is 2.66. The molecule has 0 aliphatic carbocycles. The van der Waals surface area contributed by atoms with Gasteiger partial charge in [0.2, 0.25) is 5.91 Å². The summed E-state index contributed by atoms with van der Waals surface area (Å²) in [4.78, 5) is 11.2. The lowest BCUT2D eigenvalue weighted by Crippen LogP contribution is -2.12. The van der Waals surface area contributed by atoms with Crippen LogP contribution in [0.15, 0.2) is 22.8 Å². The molecular weight excluding hydrogens is 367 g/mol. The summed E-state index contributed by atoms with van der Waals surface area (Å²) in [6, 6.07) is 5.33. The third-order valence-electron chi connectivity index (χ3n) is 2.43. The molecule has 2 aromatic rings. The maximum atomic E-state index is 11.2. The van der Waals surface area contributed by atoms with Crippen LogP contribution in [-0.2, 0) is 4.79 Å². The number of halogens is 3. The fourth-order valence-electron chi connectivity index (χ4n) is 1.58. The number of amides is 1. The second-order valence-electron chi connectivity index (χ2n) is 3.81. The lowest BCUT2D eigenvalue weighted by atomic mass is 10.3. The van der Waals surface area contributed by atoms with Crippen molar-refractivity contribution in [3.05, 3.63) is 38.4 Å². The number of anilines is 1. The zero-order valence-corrected chi connectivity index (χ0v) is 13.2. The number of nitriles is 1. The molecule has 1 aromatic heterocycles. The number of hydrogen-bond acceptors (Lipinski definition) is 3. The zero-order valence-electron chi connectivity index (χ0n) is 10.1. The highest BCUT2D eigenvalue weighted by Gasteiger charge is 2.17. The van der Waals surface area contributed by atoms with Crippen LogP contribution >= 0.6 is 39.1 Å². The van der Waals surface area contributed by atoms with Crippen molar-refractivity contribution in [2.24, 2.45) is 0 Å². The Kier molecular flexibility index (Phi) is 4.33. The molecule has 0 aliphatic heterocycles. The Morgan fingerprint density at radius 1 is 1.45 bits per heavy atom. The van der Waals surface area contributed by atoms with E-state index in [4.69, 9.17) is 28.5 Å². The van der Waals surface area contributed by atoms with E-state index in [9.17, 15) is 4.79 Å². The molecule has 20 heavy (non-hydrogen) atoms. The number of carbonyl (C=O) groups is 1. The van der Waals surface area contributed by atoms with Crippen LogP contribution in [0.1, 0.15) is 12.5 Å². The molecule has 5 nitrogen and oxygen atoms in total. The van der Waals surface area contributed by atoms with Crippen LogP contribution in [0.2, 0.25) is 10.0 Å². The van der Waals surface area contributed by atoms with Crippen molar-refractivity contribution >= 4 is 50.9 Å². The van der Waals surface area contributed by atoms with Crippen LogP contribution in [0.5, 0.6) is 0 Å². The Bertz CT molecular complexity index is 736. The van der Waals surface area contributed by atoms with Crippen LogP contribution < -0.4 is 5.32 Å². The van der Waals surface area contributed by atoms with E-state index in [0.29, 0.717) is 15.2 Å². The average Bonchev–Trinajstić information content (AvgIpc) is 2.78. The summed E-state index contributed by atoms with van der Waals surface area (Å²) < 4.78 is 2.00. The van der Waals surface area contributed by atoms with E-state index in [-0.39, 0.29) is 22.3 Å². The van der Waals surface area contributed by atoms with Crippen molar-refractivity contribution < 1.29 is 4.79 Å². The summed E-state index contributed by atoms with van der Waals surface area (Å²) in [6.07, 6.45) is 1.34. The van der Waals surface area contributed by atoms with E-state index in [2.05, 4.69) is 26.3 Å². The highest BCUT2D eigenvalue weighted by atomic mass is 79.9. The maximum absolute atomic E-state index is 11.2. The van der Waals surface area contributed by atoms with E-state index in [1.807, 2.05) is 6.07 Å². The molecule has 2 rings (SSSR count). The molecule has 0 radical (unpaired) electrons. The second kappa shape index (κ2) is 5.83. The third-order valence-corrected chi connectivity index (χ3v) is 4.19. The summed E-state index contributed by atoms with van der Waals surface area (Å²) >= 11 is 15.5. The van der Waals surface area contributed by atoms with Crippen molar-refractivity contribution in [2.75, 3.05) is 5.32 Å². The summed E-state index contributed by atoms with van der Waals surface area (Å²) in [6.45, 7) is 1.34. The molecular formula is C12H7BrCl2N4O. The molecule has 1 amide bonds. The number of carbonyl (C=O) groups excluding carboxylic acids is 1. The van der Waals surface area contributed by atoms with Crippen LogP contribution in [-0.4, -0.2) is 15.7 Å². The van der Waals surface area contributed by atoms with Crippen LogP contribution in [0.25, 0.3) is 5.69 Å². The maximum Gasteiger partial charge on any atom is 0.222 e. The minimum absolute atomic E-state index is 0.232. The predicted molar refractivity (Wildman–Crippen MR) is 80.3 cm³/mol. The number of nitrogens with zero attached hydrogens (tertiary/aromatic N) is 3. The van der Waals surface area contributed by atoms with Crippen molar-refractivity contribution in [3.63, 3.8) is 0 Å². The van der Waals surface area contributed by atoms with Gasteiger partial charge in [0.15, 0.2) is 5.82 Å². The summed E-state index contributed by atoms with van der Waals surface area (Å²) in [5, 5.41) is 16.2. The zero-order chi connectivity index (χ0) is 14.9. The van der Waals surface area contributed by atoms with E-state index in [0.717, 1.165) is 0 Å². The number of aromatic nitrogens is 2. The van der Waals surface area contributed by atoms with Crippen LogP contribution in [0.4, 0.5) is 5.82 Å². The molecule has 1 aromatic carbocycles. The SMILES string of the molecule is CC(=O)Nc1c(C#N)cnn1-c1ccc(Br)c(Cl)c1Cl. The minimum atomic E-state index is -0.317. The monoisotopic (exact) mass is 372 g/mol. The first kappa shape index (κ1) is 14.9. The van der Waals surface area contributed by atoms with Gasteiger partial charge in [-0.05, 0) is 28.1 Å². The molecule has 0 saturated carbocycles. The molecule has 1 heterocycles. The van der Waals surface area contributed by atoms with Gasteiger partial charge in [-0.1, -0.05) is 23.2 Å². The molecule has 0 unspecified atom stereocenters. The standard InChI is InChI=1S/C12H7BrCl2N4O/c1-6(20)18-12-7(4-16)5-17-19(12)9-3-2-8(13)10(14)11(9)15/h2-3,5H,1H3,(H,18,20). The fourth-order valence-corrected chi connectivity index (χ4v) is 2.43. The molecule has 0 saturated heterocycles. The van der Waals surface area contributed by atoms with E-state index in [1.54, 1.807) is 12.1 Å². The van der Waals surface area contributed by atoms with Gasteiger partial charge in [0.1, 0.15) is 11.6 Å². The Balaban J connectivity index is 2.65. The average molecular weight is 374 g/mol. The van der Waals surface area contributed by atoms with E-state index < -0.39 is 0 Å². The van der Waals surface area contributed by atoms with Gasteiger partial charge in [-0.2, -0.15) is 10.4 Å². The largest absolute Gasteiger partial charge is 0.310 e. The van der Waals surface area contributed by atoms with Gasteiger partial charge in [0, 0.05) is 11.4 Å². The van der Waals surface area contributed by atoms with Gasteiger partial charge in [0.05, 0.1) is 21.9 Å². The normalized spacial score (nSPS) is 10.2. The smallest absolute Gasteiger partial charge is 0.222 e. The summed E-state index contributed by atoms with van der Waals surface area (Å²) in [7, 11) is 0. The number of nitrogens with one attached hydrogen (secondary N) is 1. The lowest BCUT2D eigenvalue weighted by molar-refractivity contribution is -0.114. The van der Waals surface area contributed by atoms with Crippen LogP contribution in [0, 0.1) is 11.3 Å². The molecule has 0 spiro atoms. The first-order valence-corrected chi connectivity index (χ1v) is 6.90. The Morgan fingerprint density at radius 3 is 2.75 bits per heavy atom. The number of rotatable bonds is 2. The molecule has 0 bridgehead atoms. The number of benzene rings is 1. The summed E-state index contributed by atoms with van der Waals surface area (Å²) in [5.41, 5.74) is 0.695. The van der Waals surface area contributed by atoms with Gasteiger partial charge in [-0.15, -0.1) is 0 Å². The second-order valence-corrected chi connectivity index (χ2v) is 5.42. The van der Waals surface area contributed by atoms with Gasteiger partial charge in [0.25, 0.3) is 0 Å². The molecule has 0 aliphatic rings. The first-order valence-electron chi connectivity index (χ1n) is 5.35. The van der Waals surface area contributed by atoms with Crippen molar-refractivity contribution in [3.8, 4) is 11.8 Å². The molecule has 8 heteroatoms. The quantitative estimate of drug-likeness (QED) is 0.814. The van der Waals surface area contributed by atoms with E-state index in [1.165, 1.54) is 17.8 Å². The molecule has 102 valence electrons. The Morgan fingerprint density at radius 2 is 2.15 bits per heavy atom. The number of hydrogen-bond donors (Lipinski definition) is 1. The predicted octanol–water partition coefficient (Wildman–Crippen LogP) is 3.77. The molecule has 0 fully saturated rings. The highest BCUT2D eigenvalue weighted by Crippen LogP contribution is 2.36. The van der Waals surface area contributed by atoms with Crippen LogP contribution in [0.3, 0.4) is 0 Å².